The van der Waals surface area contributed by atoms with Crippen molar-refractivity contribution in [2.75, 3.05) is 33.8 Å². The molecule has 0 aromatic carbocycles. The Morgan fingerprint density at radius 1 is 1.45 bits per heavy atom. The summed E-state index contributed by atoms with van der Waals surface area (Å²) in [4.78, 5) is 6.78. The van der Waals surface area contributed by atoms with Crippen molar-refractivity contribution in [1.82, 2.24) is 10.2 Å². The van der Waals surface area contributed by atoms with Gasteiger partial charge in [-0.15, -0.1) is 24.0 Å². The van der Waals surface area contributed by atoms with E-state index in [9.17, 15) is 0 Å². The zero-order chi connectivity index (χ0) is 14.5. The molecule has 1 aliphatic rings. The van der Waals surface area contributed by atoms with Gasteiger partial charge in [0.2, 0.25) is 0 Å². The summed E-state index contributed by atoms with van der Waals surface area (Å²) in [5.41, 5.74) is 0.135. The van der Waals surface area contributed by atoms with E-state index in [0.717, 1.165) is 31.5 Å². The quantitative estimate of drug-likeness (QED) is 0.452. The zero-order valence-electron chi connectivity index (χ0n) is 13.9. The van der Waals surface area contributed by atoms with E-state index in [0.29, 0.717) is 0 Å². The fourth-order valence-electron chi connectivity index (χ4n) is 2.64. The SMILES string of the molecule is CN=C(NCC(OC)C(C)(C)C)N1CCCC(C)C1.I. The molecule has 0 aromatic rings. The van der Waals surface area contributed by atoms with Crippen molar-refractivity contribution >= 4 is 29.9 Å². The standard InChI is InChI=1S/C15H31N3O.HI/c1-12-8-7-9-18(11-12)14(16-5)17-10-13(19-6)15(2,3)4;/h12-13H,7-11H2,1-6H3,(H,16,17);1H. The first kappa shape index (κ1) is 20.0. The molecule has 0 aliphatic carbocycles. The van der Waals surface area contributed by atoms with Crippen LogP contribution in [0.4, 0.5) is 0 Å². The number of guanidine groups is 1. The molecule has 1 N–H and O–H groups in total. The lowest BCUT2D eigenvalue weighted by molar-refractivity contribution is 0.0200. The highest BCUT2D eigenvalue weighted by Crippen LogP contribution is 2.21. The van der Waals surface area contributed by atoms with Crippen molar-refractivity contribution < 1.29 is 4.74 Å². The molecule has 0 radical (unpaired) electrons. The van der Waals surface area contributed by atoms with Crippen LogP contribution in [0.5, 0.6) is 0 Å². The van der Waals surface area contributed by atoms with Crippen LogP contribution < -0.4 is 5.32 Å². The Morgan fingerprint density at radius 2 is 2.10 bits per heavy atom. The molecule has 4 nitrogen and oxygen atoms in total. The van der Waals surface area contributed by atoms with E-state index < -0.39 is 0 Å². The van der Waals surface area contributed by atoms with Gasteiger partial charge >= 0.3 is 0 Å². The average molecular weight is 397 g/mol. The Kier molecular flexibility index (Phi) is 9.06. The molecule has 0 spiro atoms. The fourth-order valence-corrected chi connectivity index (χ4v) is 2.64. The Morgan fingerprint density at radius 3 is 2.55 bits per heavy atom. The van der Waals surface area contributed by atoms with Crippen molar-refractivity contribution in [2.45, 2.75) is 46.6 Å². The predicted molar refractivity (Wildman–Crippen MR) is 97.0 cm³/mol. The maximum absolute atomic E-state index is 5.58. The van der Waals surface area contributed by atoms with Crippen molar-refractivity contribution in [3.8, 4) is 0 Å². The molecular formula is C15H32IN3O. The van der Waals surface area contributed by atoms with E-state index in [2.05, 4.69) is 42.9 Å². The summed E-state index contributed by atoms with van der Waals surface area (Å²) >= 11 is 0. The van der Waals surface area contributed by atoms with Gasteiger partial charge in [0.1, 0.15) is 0 Å². The van der Waals surface area contributed by atoms with Gasteiger partial charge in [0, 0.05) is 33.8 Å². The largest absolute Gasteiger partial charge is 0.379 e. The number of ether oxygens (including phenoxy) is 1. The molecule has 1 heterocycles. The Balaban J connectivity index is 0.00000361. The normalized spacial score (nSPS) is 22.2. The van der Waals surface area contributed by atoms with Gasteiger partial charge in [-0.3, -0.25) is 4.99 Å². The molecule has 5 heteroatoms. The number of hydrogen-bond donors (Lipinski definition) is 1. The maximum Gasteiger partial charge on any atom is 0.193 e. The number of piperidine rings is 1. The van der Waals surface area contributed by atoms with Crippen LogP contribution in [0.25, 0.3) is 0 Å². The van der Waals surface area contributed by atoms with Crippen LogP contribution in [0.3, 0.4) is 0 Å². The lowest BCUT2D eigenvalue weighted by Crippen LogP contribution is -2.49. The van der Waals surface area contributed by atoms with Gasteiger partial charge in [0.15, 0.2) is 5.96 Å². The van der Waals surface area contributed by atoms with Crippen LogP contribution >= 0.6 is 24.0 Å². The molecule has 0 aromatic heterocycles. The summed E-state index contributed by atoms with van der Waals surface area (Å²) < 4.78 is 5.58. The number of halogens is 1. The number of hydrogen-bond acceptors (Lipinski definition) is 2. The minimum Gasteiger partial charge on any atom is -0.379 e. The van der Waals surface area contributed by atoms with E-state index >= 15 is 0 Å². The van der Waals surface area contributed by atoms with E-state index in [4.69, 9.17) is 4.74 Å². The van der Waals surface area contributed by atoms with Gasteiger partial charge in [-0.2, -0.15) is 0 Å². The van der Waals surface area contributed by atoms with Crippen LogP contribution in [0.2, 0.25) is 0 Å². The molecule has 1 rings (SSSR count). The number of nitrogens with zero attached hydrogens (tertiary/aromatic N) is 2. The first-order chi connectivity index (χ1) is 8.88. The third-order valence-corrected chi connectivity index (χ3v) is 3.86. The third kappa shape index (κ3) is 6.16. The van der Waals surface area contributed by atoms with Crippen molar-refractivity contribution in [3.63, 3.8) is 0 Å². The van der Waals surface area contributed by atoms with Crippen LogP contribution in [0.1, 0.15) is 40.5 Å². The maximum atomic E-state index is 5.58. The van der Waals surface area contributed by atoms with E-state index in [1.54, 1.807) is 7.11 Å². The topological polar surface area (TPSA) is 36.9 Å². The van der Waals surface area contributed by atoms with Crippen LogP contribution in [0.15, 0.2) is 4.99 Å². The first-order valence-corrected chi connectivity index (χ1v) is 7.37. The highest BCUT2D eigenvalue weighted by Gasteiger charge is 2.26. The van der Waals surface area contributed by atoms with E-state index in [1.165, 1.54) is 12.8 Å². The van der Waals surface area contributed by atoms with Gasteiger partial charge < -0.3 is 15.0 Å². The van der Waals surface area contributed by atoms with Crippen LogP contribution in [0, 0.1) is 11.3 Å². The molecule has 2 atom stereocenters. The van der Waals surface area contributed by atoms with Crippen molar-refractivity contribution in [1.29, 1.82) is 0 Å². The fraction of sp³-hybridized carbons (Fsp3) is 0.933. The minimum atomic E-state index is 0. The molecule has 1 saturated heterocycles. The number of likely N-dealkylation sites (tertiary alicyclic amines) is 1. The zero-order valence-corrected chi connectivity index (χ0v) is 16.2. The van der Waals surface area contributed by atoms with Crippen LogP contribution in [-0.4, -0.2) is 50.8 Å². The van der Waals surface area contributed by atoms with Gasteiger partial charge in [-0.25, -0.2) is 0 Å². The second-order valence-corrected chi connectivity index (χ2v) is 6.71. The molecule has 1 aliphatic heterocycles. The highest BCUT2D eigenvalue weighted by molar-refractivity contribution is 14.0. The van der Waals surface area contributed by atoms with E-state index in [1.807, 2.05) is 7.05 Å². The summed E-state index contributed by atoms with van der Waals surface area (Å²) in [6.07, 6.45) is 2.77. The lowest BCUT2D eigenvalue weighted by Gasteiger charge is -2.35. The number of nitrogens with one attached hydrogen (secondary N) is 1. The molecule has 1 fully saturated rings. The highest BCUT2D eigenvalue weighted by atomic mass is 127. The molecule has 20 heavy (non-hydrogen) atoms. The van der Waals surface area contributed by atoms with Gasteiger partial charge in [0.05, 0.1) is 6.10 Å². The van der Waals surface area contributed by atoms with Gasteiger partial charge in [0.25, 0.3) is 0 Å². The molecule has 2 unspecified atom stereocenters. The predicted octanol–water partition coefficient (Wildman–Crippen LogP) is 2.97. The third-order valence-electron chi connectivity index (χ3n) is 3.86. The summed E-state index contributed by atoms with van der Waals surface area (Å²) in [5.74, 6) is 1.77. The summed E-state index contributed by atoms with van der Waals surface area (Å²) in [6.45, 7) is 11.9. The number of aliphatic imine (C=N–C) groups is 1. The van der Waals surface area contributed by atoms with Crippen LogP contribution in [-0.2, 0) is 4.74 Å². The molecule has 0 saturated carbocycles. The van der Waals surface area contributed by atoms with E-state index in [-0.39, 0.29) is 35.5 Å². The first-order valence-electron chi connectivity index (χ1n) is 7.37. The number of methoxy groups -OCH3 is 1. The second-order valence-electron chi connectivity index (χ2n) is 6.71. The molecule has 120 valence electrons. The summed E-state index contributed by atoms with van der Waals surface area (Å²) in [6, 6.07) is 0. The lowest BCUT2D eigenvalue weighted by atomic mass is 9.89. The molecule has 0 bridgehead atoms. The van der Waals surface area contributed by atoms with Crippen molar-refractivity contribution in [3.05, 3.63) is 0 Å². The monoisotopic (exact) mass is 397 g/mol. The number of rotatable bonds is 3. The second kappa shape index (κ2) is 9.07. The Hall–Kier alpha value is -0.0400. The molecule has 0 amide bonds. The average Bonchev–Trinajstić information content (AvgIpc) is 2.33. The van der Waals surface area contributed by atoms with Gasteiger partial charge in [-0.1, -0.05) is 27.7 Å². The summed E-state index contributed by atoms with van der Waals surface area (Å²) in [7, 11) is 3.64. The smallest absolute Gasteiger partial charge is 0.193 e. The summed E-state index contributed by atoms with van der Waals surface area (Å²) in [5, 5.41) is 3.47. The molecular weight excluding hydrogens is 365 g/mol. The Labute approximate surface area is 141 Å². The van der Waals surface area contributed by atoms with Gasteiger partial charge in [-0.05, 0) is 24.2 Å². The van der Waals surface area contributed by atoms with Crippen molar-refractivity contribution in [2.24, 2.45) is 16.3 Å². The Bertz CT molecular complexity index is 302. The minimum absolute atomic E-state index is 0.